The quantitative estimate of drug-likeness (QED) is 0.850. The molecule has 1 N–H and O–H groups in total. The Bertz CT molecular complexity index is 701. The molecule has 0 fully saturated rings. The van der Waals surface area contributed by atoms with Crippen LogP contribution in [0.2, 0.25) is 10.0 Å². The van der Waals surface area contributed by atoms with Crippen LogP contribution in [0.3, 0.4) is 0 Å². The number of ether oxygens (including phenoxy) is 1. The van der Waals surface area contributed by atoms with Crippen molar-refractivity contribution < 1.29 is 9.53 Å². The predicted molar refractivity (Wildman–Crippen MR) is 91.1 cm³/mol. The van der Waals surface area contributed by atoms with Crippen molar-refractivity contribution in [2.45, 2.75) is 26.9 Å². The lowest BCUT2D eigenvalue weighted by Gasteiger charge is -2.17. The van der Waals surface area contributed by atoms with Crippen molar-refractivity contribution in [2.75, 3.05) is 5.32 Å². The molecular weight excluding hydrogens is 321 g/mol. The van der Waals surface area contributed by atoms with Crippen molar-refractivity contribution in [1.29, 1.82) is 0 Å². The third-order valence-electron chi connectivity index (χ3n) is 3.19. The summed E-state index contributed by atoms with van der Waals surface area (Å²) in [5, 5.41) is 3.64. The van der Waals surface area contributed by atoms with Crippen LogP contribution in [0.1, 0.15) is 18.1 Å². The average molecular weight is 338 g/mol. The van der Waals surface area contributed by atoms with E-state index in [0.717, 1.165) is 11.1 Å². The first-order valence-electron chi connectivity index (χ1n) is 6.86. The van der Waals surface area contributed by atoms with Gasteiger partial charge in [0, 0.05) is 5.02 Å². The molecule has 0 aliphatic heterocycles. The zero-order chi connectivity index (χ0) is 16.3. The molecule has 0 aromatic heterocycles. The van der Waals surface area contributed by atoms with Crippen molar-refractivity contribution in [3.8, 4) is 5.75 Å². The Kier molecular flexibility index (Phi) is 5.33. The van der Waals surface area contributed by atoms with Gasteiger partial charge in [0.25, 0.3) is 5.91 Å². The van der Waals surface area contributed by atoms with Gasteiger partial charge in [0.1, 0.15) is 5.75 Å². The molecule has 0 heterocycles. The highest BCUT2D eigenvalue weighted by molar-refractivity contribution is 6.36. The zero-order valence-electron chi connectivity index (χ0n) is 12.6. The van der Waals surface area contributed by atoms with Crippen LogP contribution in [0.4, 0.5) is 5.69 Å². The van der Waals surface area contributed by atoms with E-state index in [1.807, 2.05) is 32.0 Å². The number of aryl methyl sites for hydroxylation is 2. The summed E-state index contributed by atoms with van der Waals surface area (Å²) >= 11 is 11.9. The molecule has 22 heavy (non-hydrogen) atoms. The maximum atomic E-state index is 12.2. The number of hydrogen-bond acceptors (Lipinski definition) is 2. The normalized spacial score (nSPS) is 11.9. The zero-order valence-corrected chi connectivity index (χ0v) is 14.1. The highest BCUT2D eigenvalue weighted by atomic mass is 35.5. The van der Waals surface area contributed by atoms with Gasteiger partial charge < -0.3 is 10.1 Å². The van der Waals surface area contributed by atoms with E-state index in [9.17, 15) is 4.79 Å². The van der Waals surface area contributed by atoms with Gasteiger partial charge in [-0.2, -0.15) is 0 Å². The molecule has 0 saturated heterocycles. The number of rotatable bonds is 4. The Morgan fingerprint density at radius 1 is 1.14 bits per heavy atom. The molecule has 0 bridgehead atoms. The molecule has 0 spiro atoms. The van der Waals surface area contributed by atoms with Crippen molar-refractivity contribution in [3.63, 3.8) is 0 Å². The first kappa shape index (κ1) is 16.7. The molecule has 2 rings (SSSR count). The Morgan fingerprint density at radius 2 is 1.86 bits per heavy atom. The van der Waals surface area contributed by atoms with E-state index >= 15 is 0 Å². The second-order valence-corrected chi connectivity index (χ2v) is 5.99. The average Bonchev–Trinajstić information content (AvgIpc) is 2.44. The molecule has 116 valence electrons. The summed E-state index contributed by atoms with van der Waals surface area (Å²) in [5.74, 6) is 0.416. The summed E-state index contributed by atoms with van der Waals surface area (Å²) in [6, 6.07) is 10.7. The molecule has 0 radical (unpaired) electrons. The van der Waals surface area contributed by atoms with Gasteiger partial charge in [-0.05, 0) is 50.6 Å². The summed E-state index contributed by atoms with van der Waals surface area (Å²) in [6.07, 6.45) is -0.645. The van der Waals surface area contributed by atoms with Crippen molar-refractivity contribution in [3.05, 3.63) is 57.6 Å². The Morgan fingerprint density at radius 3 is 2.50 bits per heavy atom. The fourth-order valence-corrected chi connectivity index (χ4v) is 2.46. The van der Waals surface area contributed by atoms with Gasteiger partial charge in [-0.3, -0.25) is 4.79 Å². The molecule has 5 heteroatoms. The van der Waals surface area contributed by atoms with Crippen molar-refractivity contribution >= 4 is 34.8 Å². The number of carbonyl (C=O) groups excluding carboxylic acids is 1. The van der Waals surface area contributed by atoms with Gasteiger partial charge >= 0.3 is 0 Å². The summed E-state index contributed by atoms with van der Waals surface area (Å²) < 4.78 is 5.72. The number of benzene rings is 2. The van der Waals surface area contributed by atoms with Gasteiger partial charge in [-0.1, -0.05) is 40.9 Å². The van der Waals surface area contributed by atoms with Gasteiger partial charge in [0.2, 0.25) is 0 Å². The van der Waals surface area contributed by atoms with Crippen LogP contribution in [0.15, 0.2) is 36.4 Å². The SMILES string of the molecule is Cc1ccc(O[C@H](C)C(=O)Nc2ccc(Cl)cc2Cl)c(C)c1. The monoisotopic (exact) mass is 337 g/mol. The number of anilines is 1. The van der Waals surface area contributed by atoms with E-state index in [-0.39, 0.29) is 5.91 Å². The summed E-state index contributed by atoms with van der Waals surface area (Å²) in [6.45, 7) is 5.65. The number of amides is 1. The van der Waals surface area contributed by atoms with Crippen LogP contribution in [-0.4, -0.2) is 12.0 Å². The highest BCUT2D eigenvalue weighted by Gasteiger charge is 2.17. The second kappa shape index (κ2) is 7.03. The molecule has 2 aromatic carbocycles. The number of carbonyl (C=O) groups is 1. The smallest absolute Gasteiger partial charge is 0.265 e. The van der Waals surface area contributed by atoms with Gasteiger partial charge in [-0.15, -0.1) is 0 Å². The van der Waals surface area contributed by atoms with Gasteiger partial charge in [-0.25, -0.2) is 0 Å². The van der Waals surface area contributed by atoms with Crippen LogP contribution < -0.4 is 10.1 Å². The predicted octanol–water partition coefficient (Wildman–Crippen LogP) is 5.02. The Balaban J connectivity index is 2.05. The Hall–Kier alpha value is -1.71. The molecule has 1 amide bonds. The molecule has 3 nitrogen and oxygen atoms in total. The van der Waals surface area contributed by atoms with E-state index < -0.39 is 6.10 Å². The number of nitrogens with one attached hydrogen (secondary N) is 1. The lowest BCUT2D eigenvalue weighted by molar-refractivity contribution is -0.122. The van der Waals surface area contributed by atoms with Crippen LogP contribution in [-0.2, 0) is 4.79 Å². The largest absolute Gasteiger partial charge is 0.481 e. The van der Waals surface area contributed by atoms with E-state index in [4.69, 9.17) is 27.9 Å². The number of halogens is 2. The maximum absolute atomic E-state index is 12.2. The van der Waals surface area contributed by atoms with Crippen LogP contribution in [0.25, 0.3) is 0 Å². The fraction of sp³-hybridized carbons (Fsp3) is 0.235. The topological polar surface area (TPSA) is 38.3 Å². The minimum Gasteiger partial charge on any atom is -0.481 e. The first-order valence-corrected chi connectivity index (χ1v) is 7.62. The summed E-state index contributed by atoms with van der Waals surface area (Å²) in [4.78, 5) is 12.2. The van der Waals surface area contributed by atoms with E-state index in [0.29, 0.717) is 21.5 Å². The molecule has 0 saturated carbocycles. The number of hydrogen-bond donors (Lipinski definition) is 1. The van der Waals surface area contributed by atoms with Crippen molar-refractivity contribution in [1.82, 2.24) is 0 Å². The van der Waals surface area contributed by atoms with E-state index in [2.05, 4.69) is 5.32 Å². The van der Waals surface area contributed by atoms with Crippen LogP contribution in [0, 0.1) is 13.8 Å². The van der Waals surface area contributed by atoms with E-state index in [1.165, 1.54) is 0 Å². The van der Waals surface area contributed by atoms with E-state index in [1.54, 1.807) is 25.1 Å². The minimum absolute atomic E-state index is 0.274. The fourth-order valence-electron chi connectivity index (χ4n) is 2.00. The lowest BCUT2D eigenvalue weighted by Crippen LogP contribution is -2.30. The van der Waals surface area contributed by atoms with Crippen LogP contribution >= 0.6 is 23.2 Å². The van der Waals surface area contributed by atoms with Gasteiger partial charge in [0.05, 0.1) is 10.7 Å². The lowest BCUT2D eigenvalue weighted by atomic mass is 10.1. The molecule has 0 aliphatic rings. The van der Waals surface area contributed by atoms with Crippen LogP contribution in [0.5, 0.6) is 5.75 Å². The van der Waals surface area contributed by atoms with Crippen molar-refractivity contribution in [2.24, 2.45) is 0 Å². The first-order chi connectivity index (χ1) is 10.4. The second-order valence-electron chi connectivity index (χ2n) is 5.14. The minimum atomic E-state index is -0.645. The van der Waals surface area contributed by atoms with Gasteiger partial charge in [0.15, 0.2) is 6.10 Å². The highest BCUT2D eigenvalue weighted by Crippen LogP contribution is 2.26. The third kappa shape index (κ3) is 4.15. The molecular formula is C17H17Cl2NO2. The molecule has 2 aromatic rings. The molecule has 0 unspecified atom stereocenters. The summed E-state index contributed by atoms with van der Waals surface area (Å²) in [5.41, 5.74) is 2.64. The third-order valence-corrected chi connectivity index (χ3v) is 3.74. The summed E-state index contributed by atoms with van der Waals surface area (Å²) in [7, 11) is 0. The Labute approximate surface area is 140 Å². The maximum Gasteiger partial charge on any atom is 0.265 e. The molecule has 0 aliphatic carbocycles. The molecule has 1 atom stereocenters. The standard InChI is InChI=1S/C17H17Cl2NO2/c1-10-4-7-16(11(2)8-10)22-12(3)17(21)20-15-6-5-13(18)9-14(15)19/h4-9,12H,1-3H3,(H,20,21)/t12-/m1/s1.